The summed E-state index contributed by atoms with van der Waals surface area (Å²) in [7, 11) is 0. The molecule has 0 saturated heterocycles. The molecule has 1 aromatic rings. The molecule has 0 atom stereocenters. The number of hydrazone groups is 1. The third-order valence-corrected chi connectivity index (χ3v) is 5.34. The van der Waals surface area contributed by atoms with Gasteiger partial charge >= 0.3 is 0 Å². The smallest absolute Gasteiger partial charge is 0.283 e. The second-order valence-electron chi connectivity index (χ2n) is 6.88. The Morgan fingerprint density at radius 1 is 1.22 bits per heavy atom. The highest BCUT2D eigenvalue weighted by molar-refractivity contribution is 8.26. The van der Waals surface area contributed by atoms with Crippen molar-refractivity contribution < 1.29 is 4.79 Å². The fourth-order valence-corrected chi connectivity index (χ4v) is 4.10. The SMILES string of the molecule is CCN(CC)c1ccc(/C=C2/C(=N)N3N=C(CC(C)C)SC3=NC2=O)cc1. The number of nitrogens with zero attached hydrogens (tertiary/aromatic N) is 4. The second-order valence-corrected chi connectivity index (χ2v) is 7.92. The van der Waals surface area contributed by atoms with Crippen LogP contribution in [0.25, 0.3) is 6.08 Å². The van der Waals surface area contributed by atoms with E-state index in [4.69, 9.17) is 5.41 Å². The summed E-state index contributed by atoms with van der Waals surface area (Å²) in [5.41, 5.74) is 2.28. The zero-order chi connectivity index (χ0) is 19.6. The molecule has 6 nitrogen and oxygen atoms in total. The molecule has 3 rings (SSSR count). The van der Waals surface area contributed by atoms with Crippen LogP contribution in [0.15, 0.2) is 39.9 Å². The fourth-order valence-electron chi connectivity index (χ4n) is 3.00. The van der Waals surface area contributed by atoms with Crippen LogP contribution in [0.3, 0.4) is 0 Å². The molecular weight excluding hydrogens is 358 g/mol. The highest BCUT2D eigenvalue weighted by Crippen LogP contribution is 2.30. The summed E-state index contributed by atoms with van der Waals surface area (Å²) in [6.07, 6.45) is 2.53. The number of fused-ring (bicyclic) bond motifs is 1. The normalized spacial score (nSPS) is 18.1. The van der Waals surface area contributed by atoms with Crippen LogP contribution in [-0.2, 0) is 4.79 Å². The summed E-state index contributed by atoms with van der Waals surface area (Å²) in [6, 6.07) is 8.00. The minimum atomic E-state index is -0.382. The standard InChI is InChI=1S/C20H25N5OS/c1-5-24(6-2)15-9-7-14(8-10-15)12-16-18(21)25-20(22-19(16)26)27-17(23-25)11-13(3)4/h7-10,12-13,21H,5-6,11H2,1-4H3/b16-12-,21-18?. The number of rotatable bonds is 6. The summed E-state index contributed by atoms with van der Waals surface area (Å²) < 4.78 is 0. The van der Waals surface area contributed by atoms with Crippen LogP contribution in [-0.4, -0.2) is 40.1 Å². The van der Waals surface area contributed by atoms with E-state index in [9.17, 15) is 4.79 Å². The number of hydrogen-bond donors (Lipinski definition) is 1. The Bertz CT molecular complexity index is 834. The van der Waals surface area contributed by atoms with E-state index in [1.165, 1.54) is 16.8 Å². The van der Waals surface area contributed by atoms with E-state index in [2.05, 4.69) is 42.7 Å². The summed E-state index contributed by atoms with van der Waals surface area (Å²) in [4.78, 5) is 18.8. The van der Waals surface area contributed by atoms with Crippen LogP contribution < -0.4 is 4.90 Å². The Balaban J connectivity index is 1.84. The maximum atomic E-state index is 12.5. The lowest BCUT2D eigenvalue weighted by molar-refractivity contribution is -0.114. The first-order valence-corrected chi connectivity index (χ1v) is 10.1. The number of amides is 1. The van der Waals surface area contributed by atoms with Gasteiger partial charge in [0.05, 0.1) is 5.57 Å². The Morgan fingerprint density at radius 2 is 1.89 bits per heavy atom. The molecular formula is C20H25N5OS. The largest absolute Gasteiger partial charge is 0.372 e. The van der Waals surface area contributed by atoms with E-state index in [1.807, 2.05) is 24.3 Å². The Kier molecular flexibility index (Phi) is 5.79. The monoisotopic (exact) mass is 383 g/mol. The summed E-state index contributed by atoms with van der Waals surface area (Å²) in [5.74, 6) is 0.166. The van der Waals surface area contributed by atoms with Gasteiger partial charge in [0.1, 0.15) is 5.04 Å². The van der Waals surface area contributed by atoms with Crippen molar-refractivity contribution in [3.05, 3.63) is 35.4 Å². The first-order chi connectivity index (χ1) is 12.9. The van der Waals surface area contributed by atoms with Crippen molar-refractivity contribution >= 4 is 45.5 Å². The zero-order valence-electron chi connectivity index (χ0n) is 16.2. The fraction of sp³-hybridized carbons (Fsp3) is 0.400. The molecule has 2 heterocycles. The molecule has 142 valence electrons. The Labute approximate surface area is 164 Å². The summed E-state index contributed by atoms with van der Waals surface area (Å²) in [6.45, 7) is 10.4. The molecule has 0 bridgehead atoms. The molecule has 0 fully saturated rings. The first kappa shape index (κ1) is 19.4. The van der Waals surface area contributed by atoms with Crippen molar-refractivity contribution in [1.29, 1.82) is 5.41 Å². The van der Waals surface area contributed by atoms with Crippen LogP contribution in [0.4, 0.5) is 5.69 Å². The molecule has 2 aliphatic heterocycles. The average molecular weight is 384 g/mol. The van der Waals surface area contributed by atoms with E-state index in [0.717, 1.165) is 35.8 Å². The number of anilines is 1. The van der Waals surface area contributed by atoms with Crippen LogP contribution in [0.1, 0.15) is 39.7 Å². The Hall–Kier alpha value is -2.41. The third kappa shape index (κ3) is 4.13. The zero-order valence-corrected chi connectivity index (χ0v) is 17.0. The van der Waals surface area contributed by atoms with Crippen LogP contribution in [0.2, 0.25) is 0 Å². The molecule has 7 heteroatoms. The number of thioether (sulfide) groups is 1. The summed E-state index contributed by atoms with van der Waals surface area (Å²) >= 11 is 1.38. The van der Waals surface area contributed by atoms with Gasteiger partial charge in [0.2, 0.25) is 5.17 Å². The van der Waals surface area contributed by atoms with Gasteiger partial charge in [-0.25, -0.2) is 0 Å². The van der Waals surface area contributed by atoms with Crippen molar-refractivity contribution in [3.63, 3.8) is 0 Å². The lowest BCUT2D eigenvalue weighted by Crippen LogP contribution is -2.35. The molecule has 1 amide bonds. The van der Waals surface area contributed by atoms with Gasteiger partial charge in [-0.15, -0.1) is 0 Å². The van der Waals surface area contributed by atoms with Gasteiger partial charge in [-0.3, -0.25) is 10.2 Å². The van der Waals surface area contributed by atoms with E-state index >= 15 is 0 Å². The molecule has 0 radical (unpaired) electrons. The van der Waals surface area contributed by atoms with Crippen LogP contribution in [0.5, 0.6) is 0 Å². The quantitative estimate of drug-likeness (QED) is 0.747. The van der Waals surface area contributed by atoms with Gasteiger partial charge in [0.15, 0.2) is 5.84 Å². The number of nitrogens with one attached hydrogen (secondary N) is 1. The molecule has 0 spiro atoms. The van der Waals surface area contributed by atoms with Gasteiger partial charge in [-0.1, -0.05) is 26.0 Å². The number of benzene rings is 1. The van der Waals surface area contributed by atoms with Crippen molar-refractivity contribution in [1.82, 2.24) is 5.01 Å². The van der Waals surface area contributed by atoms with Crippen molar-refractivity contribution in [3.8, 4) is 0 Å². The molecule has 0 unspecified atom stereocenters. The molecule has 27 heavy (non-hydrogen) atoms. The molecule has 1 aromatic carbocycles. The number of carbonyl (C=O) groups is 1. The number of amidine groups is 2. The van der Waals surface area contributed by atoms with Gasteiger partial charge in [0, 0.05) is 25.2 Å². The second kappa shape index (κ2) is 8.08. The predicted octanol–water partition coefficient (Wildman–Crippen LogP) is 4.20. The first-order valence-electron chi connectivity index (χ1n) is 9.27. The molecule has 0 aliphatic carbocycles. The highest BCUT2D eigenvalue weighted by Gasteiger charge is 2.35. The maximum Gasteiger partial charge on any atom is 0.283 e. The van der Waals surface area contributed by atoms with Crippen LogP contribution in [0, 0.1) is 11.3 Å². The van der Waals surface area contributed by atoms with E-state index in [0.29, 0.717) is 11.1 Å². The molecule has 2 aliphatic rings. The molecule has 1 N–H and O–H groups in total. The van der Waals surface area contributed by atoms with Gasteiger partial charge in [-0.2, -0.15) is 15.1 Å². The minimum Gasteiger partial charge on any atom is -0.372 e. The lowest BCUT2D eigenvalue weighted by atomic mass is 10.1. The molecule has 0 aromatic heterocycles. The predicted molar refractivity (Wildman–Crippen MR) is 114 cm³/mol. The van der Waals surface area contributed by atoms with E-state index in [-0.39, 0.29) is 17.3 Å². The van der Waals surface area contributed by atoms with Crippen LogP contribution >= 0.6 is 11.8 Å². The maximum absolute atomic E-state index is 12.5. The van der Waals surface area contributed by atoms with Crippen molar-refractivity contribution in [2.24, 2.45) is 16.0 Å². The third-order valence-electron chi connectivity index (χ3n) is 4.41. The number of carbonyl (C=O) groups excluding carboxylic acids is 1. The highest BCUT2D eigenvalue weighted by atomic mass is 32.2. The van der Waals surface area contributed by atoms with E-state index < -0.39 is 0 Å². The lowest BCUT2D eigenvalue weighted by Gasteiger charge is -2.21. The van der Waals surface area contributed by atoms with Crippen molar-refractivity contribution in [2.45, 2.75) is 34.1 Å². The molecule has 0 saturated carbocycles. The van der Waals surface area contributed by atoms with Crippen molar-refractivity contribution in [2.75, 3.05) is 18.0 Å². The van der Waals surface area contributed by atoms with Gasteiger partial charge < -0.3 is 4.90 Å². The number of hydrogen-bond acceptors (Lipinski definition) is 5. The average Bonchev–Trinajstić information content (AvgIpc) is 3.02. The Morgan fingerprint density at radius 3 is 2.48 bits per heavy atom. The minimum absolute atomic E-state index is 0.0871. The van der Waals surface area contributed by atoms with Gasteiger partial charge in [0.25, 0.3) is 5.91 Å². The summed E-state index contributed by atoms with van der Waals surface area (Å²) in [5, 5.41) is 15.7. The van der Waals surface area contributed by atoms with E-state index in [1.54, 1.807) is 6.08 Å². The topological polar surface area (TPSA) is 72.1 Å². The van der Waals surface area contributed by atoms with Gasteiger partial charge in [-0.05, 0) is 55.3 Å². The number of aliphatic imine (C=N–C) groups is 1.